The molecule has 5 heteroatoms. The van der Waals surface area contributed by atoms with Gasteiger partial charge >= 0.3 is 0 Å². The maximum atomic E-state index is 6.06. The smallest absolute Gasteiger partial charge is 0.128 e. The first-order chi connectivity index (χ1) is 10.1. The number of benzene rings is 1. The Bertz CT molecular complexity index is 602. The summed E-state index contributed by atoms with van der Waals surface area (Å²) in [6.45, 7) is 3.03. The van der Waals surface area contributed by atoms with Gasteiger partial charge in [-0.15, -0.1) is 0 Å². The Kier molecular flexibility index (Phi) is 5.85. The molecule has 0 aliphatic heterocycles. The fourth-order valence-corrected chi connectivity index (χ4v) is 2.63. The Balaban J connectivity index is 2.27. The van der Waals surface area contributed by atoms with Crippen molar-refractivity contribution in [1.29, 1.82) is 0 Å². The van der Waals surface area contributed by atoms with Crippen LogP contribution in [-0.2, 0) is 6.42 Å². The molecule has 1 aromatic heterocycles. The van der Waals surface area contributed by atoms with Gasteiger partial charge in [-0.3, -0.25) is 0 Å². The highest BCUT2D eigenvalue weighted by molar-refractivity contribution is 6.30. The van der Waals surface area contributed by atoms with Crippen LogP contribution < -0.4 is 11.1 Å². The molecule has 21 heavy (non-hydrogen) atoms. The zero-order valence-corrected chi connectivity index (χ0v) is 13.5. The van der Waals surface area contributed by atoms with Gasteiger partial charge in [0.25, 0.3) is 0 Å². The molecular weight excluding hydrogens is 305 g/mol. The maximum absolute atomic E-state index is 6.06. The highest BCUT2D eigenvalue weighted by atomic mass is 35.5. The van der Waals surface area contributed by atoms with Crippen molar-refractivity contribution in [2.24, 2.45) is 0 Å². The summed E-state index contributed by atoms with van der Waals surface area (Å²) in [5.41, 5.74) is 8.09. The number of hydrogen-bond donors (Lipinski definition) is 2. The summed E-state index contributed by atoms with van der Waals surface area (Å²) >= 11 is 12.1. The molecule has 1 heterocycles. The van der Waals surface area contributed by atoms with E-state index in [9.17, 15) is 0 Å². The Morgan fingerprint density at radius 3 is 2.76 bits per heavy atom. The minimum Gasteiger partial charge on any atom is -0.383 e. The lowest BCUT2D eigenvalue weighted by Crippen LogP contribution is -2.25. The second kappa shape index (κ2) is 7.64. The van der Waals surface area contributed by atoms with Crippen LogP contribution in [0.1, 0.15) is 30.5 Å². The summed E-state index contributed by atoms with van der Waals surface area (Å²) in [6, 6.07) is 9.79. The molecule has 112 valence electrons. The van der Waals surface area contributed by atoms with Gasteiger partial charge in [-0.1, -0.05) is 42.3 Å². The summed E-state index contributed by atoms with van der Waals surface area (Å²) in [6.07, 6.45) is 3.39. The number of nitrogens with one attached hydrogen (secondary N) is 1. The molecule has 0 saturated carbocycles. The molecule has 2 aromatic rings. The number of anilines is 1. The van der Waals surface area contributed by atoms with Crippen LogP contribution in [0.3, 0.4) is 0 Å². The molecule has 0 aliphatic rings. The number of aromatic nitrogens is 1. The lowest BCUT2D eigenvalue weighted by molar-refractivity contribution is 0.529. The normalized spacial score (nSPS) is 12.3. The molecule has 0 saturated heterocycles. The number of halogens is 2. The van der Waals surface area contributed by atoms with E-state index < -0.39 is 0 Å². The predicted octanol–water partition coefficient (Wildman–Crippen LogP) is 4.25. The first kappa shape index (κ1) is 16.1. The zero-order chi connectivity index (χ0) is 15.2. The van der Waals surface area contributed by atoms with Crippen molar-refractivity contribution in [2.75, 3.05) is 12.3 Å². The molecule has 2 rings (SSSR count). The zero-order valence-electron chi connectivity index (χ0n) is 11.9. The molecule has 3 nitrogen and oxygen atoms in total. The second-order valence-corrected chi connectivity index (χ2v) is 5.84. The van der Waals surface area contributed by atoms with Crippen LogP contribution in [0.4, 0.5) is 5.82 Å². The summed E-state index contributed by atoms with van der Waals surface area (Å²) in [5.74, 6) is 0.509. The summed E-state index contributed by atoms with van der Waals surface area (Å²) in [4.78, 5) is 4.15. The molecule has 1 unspecified atom stereocenters. The molecule has 0 spiro atoms. The molecule has 3 N–H and O–H groups in total. The van der Waals surface area contributed by atoms with Crippen molar-refractivity contribution in [3.05, 3.63) is 57.7 Å². The van der Waals surface area contributed by atoms with E-state index in [0.717, 1.165) is 35.5 Å². The van der Waals surface area contributed by atoms with E-state index in [1.54, 1.807) is 6.20 Å². The number of rotatable bonds is 6. The van der Waals surface area contributed by atoms with Crippen molar-refractivity contribution in [3.8, 4) is 0 Å². The second-order valence-electron chi connectivity index (χ2n) is 4.97. The lowest BCUT2D eigenvalue weighted by Gasteiger charge is -2.20. The molecular formula is C16H19Cl2N3. The van der Waals surface area contributed by atoms with Crippen molar-refractivity contribution >= 4 is 29.0 Å². The van der Waals surface area contributed by atoms with Crippen molar-refractivity contribution in [2.45, 2.75) is 25.8 Å². The summed E-state index contributed by atoms with van der Waals surface area (Å²) in [7, 11) is 0. The van der Waals surface area contributed by atoms with Crippen molar-refractivity contribution in [3.63, 3.8) is 0 Å². The van der Waals surface area contributed by atoms with E-state index in [2.05, 4.69) is 23.3 Å². The van der Waals surface area contributed by atoms with E-state index in [1.165, 1.54) is 0 Å². The van der Waals surface area contributed by atoms with E-state index in [4.69, 9.17) is 28.9 Å². The van der Waals surface area contributed by atoms with Crippen LogP contribution in [-0.4, -0.2) is 11.5 Å². The van der Waals surface area contributed by atoms with Gasteiger partial charge in [0.1, 0.15) is 5.82 Å². The van der Waals surface area contributed by atoms with Gasteiger partial charge in [0.2, 0.25) is 0 Å². The Morgan fingerprint density at radius 2 is 2.05 bits per heavy atom. The number of hydrogen-bond acceptors (Lipinski definition) is 3. The number of nitrogen functional groups attached to an aromatic ring is 1. The van der Waals surface area contributed by atoms with Gasteiger partial charge in [0.05, 0.1) is 5.02 Å². The third-order valence-electron chi connectivity index (χ3n) is 3.26. The first-order valence-corrected chi connectivity index (χ1v) is 7.74. The predicted molar refractivity (Wildman–Crippen MR) is 89.9 cm³/mol. The Hall–Kier alpha value is -1.29. The number of nitrogens with zero attached hydrogens (tertiary/aromatic N) is 1. The minimum atomic E-state index is 0.0645. The highest BCUT2D eigenvalue weighted by Gasteiger charge is 2.16. The topological polar surface area (TPSA) is 50.9 Å². The number of pyridine rings is 1. The molecule has 0 radical (unpaired) electrons. The van der Waals surface area contributed by atoms with Gasteiger partial charge < -0.3 is 11.1 Å². The van der Waals surface area contributed by atoms with Gasteiger partial charge in [-0.2, -0.15) is 0 Å². The van der Waals surface area contributed by atoms with E-state index in [0.29, 0.717) is 10.8 Å². The average Bonchev–Trinajstić information content (AvgIpc) is 2.46. The van der Waals surface area contributed by atoms with Crippen molar-refractivity contribution in [1.82, 2.24) is 10.3 Å². The molecule has 0 aliphatic carbocycles. The fourth-order valence-electron chi connectivity index (χ4n) is 2.25. The first-order valence-electron chi connectivity index (χ1n) is 6.99. The summed E-state index contributed by atoms with van der Waals surface area (Å²) < 4.78 is 0. The van der Waals surface area contributed by atoms with Gasteiger partial charge in [-0.25, -0.2) is 4.98 Å². The third kappa shape index (κ3) is 4.60. The average molecular weight is 324 g/mol. The minimum absolute atomic E-state index is 0.0645. The summed E-state index contributed by atoms with van der Waals surface area (Å²) in [5, 5.41) is 4.83. The standard InChI is InChI=1S/C16H19Cl2N3/c1-2-6-20-15(8-11-4-3-5-12(17)7-11)14-9-13(18)10-21-16(14)19/h3-5,7,9-10,15,20H,2,6,8H2,1H3,(H2,19,21). The molecule has 0 bridgehead atoms. The van der Waals surface area contributed by atoms with Crippen LogP contribution in [0.15, 0.2) is 36.5 Å². The van der Waals surface area contributed by atoms with Crippen LogP contribution in [0.25, 0.3) is 0 Å². The SMILES string of the molecule is CCCNC(Cc1cccc(Cl)c1)c1cc(Cl)cnc1N. The van der Waals surface area contributed by atoms with Crippen LogP contribution >= 0.6 is 23.2 Å². The lowest BCUT2D eigenvalue weighted by atomic mass is 9.99. The van der Waals surface area contributed by atoms with Crippen LogP contribution in [0.5, 0.6) is 0 Å². The van der Waals surface area contributed by atoms with E-state index >= 15 is 0 Å². The largest absolute Gasteiger partial charge is 0.383 e. The number of nitrogens with two attached hydrogens (primary N) is 1. The van der Waals surface area contributed by atoms with Gasteiger partial charge in [-0.05, 0) is 43.1 Å². The van der Waals surface area contributed by atoms with Gasteiger partial charge in [0.15, 0.2) is 0 Å². The molecule has 1 atom stereocenters. The fraction of sp³-hybridized carbons (Fsp3) is 0.312. The molecule has 1 aromatic carbocycles. The molecule has 0 amide bonds. The Morgan fingerprint density at radius 1 is 1.24 bits per heavy atom. The Labute approximate surface area is 135 Å². The third-order valence-corrected chi connectivity index (χ3v) is 3.70. The monoisotopic (exact) mass is 323 g/mol. The van der Waals surface area contributed by atoms with E-state index in [1.807, 2.05) is 24.3 Å². The van der Waals surface area contributed by atoms with Crippen LogP contribution in [0, 0.1) is 0 Å². The van der Waals surface area contributed by atoms with Crippen LogP contribution in [0.2, 0.25) is 10.0 Å². The maximum Gasteiger partial charge on any atom is 0.128 e. The molecule has 0 fully saturated rings. The van der Waals surface area contributed by atoms with E-state index in [-0.39, 0.29) is 6.04 Å². The van der Waals surface area contributed by atoms with Gasteiger partial charge in [0, 0.05) is 22.8 Å². The quantitative estimate of drug-likeness (QED) is 0.835. The highest BCUT2D eigenvalue weighted by Crippen LogP contribution is 2.26. The van der Waals surface area contributed by atoms with Crippen molar-refractivity contribution < 1.29 is 0 Å².